The van der Waals surface area contributed by atoms with Gasteiger partial charge in [-0.1, -0.05) is 15.9 Å². The summed E-state index contributed by atoms with van der Waals surface area (Å²) in [5.41, 5.74) is 0. The number of esters is 4. The molecule has 10 heteroatoms. The van der Waals surface area contributed by atoms with Crippen LogP contribution in [0.5, 0.6) is 0 Å². The van der Waals surface area contributed by atoms with Crippen LogP contribution < -0.4 is 0 Å². The fourth-order valence-electron chi connectivity index (χ4n) is 1.67. The van der Waals surface area contributed by atoms with Crippen LogP contribution in [0.2, 0.25) is 0 Å². The van der Waals surface area contributed by atoms with E-state index in [2.05, 4.69) is 20.7 Å². The maximum atomic E-state index is 12.2. The monoisotopic (exact) mass is 410 g/mol. The quantitative estimate of drug-likeness (QED) is 0.300. The number of ketones is 1. The number of halogens is 1. The molecule has 9 nitrogen and oxygen atoms in total. The first-order valence-electron chi connectivity index (χ1n) is 6.82. The summed E-state index contributed by atoms with van der Waals surface area (Å²) in [6.45, 7) is 3.65. The van der Waals surface area contributed by atoms with Crippen molar-refractivity contribution >= 4 is 45.6 Å². The SMILES string of the molecule is CC(=O)OCC(=O)[C@@H](OC(C)=O)[C@H](OC(C)=O)[C@@H](CBr)OC(C)=O. The normalized spacial score (nSPS) is 13.9. The molecule has 0 radical (unpaired) electrons. The molecule has 3 atom stereocenters. The Morgan fingerprint density at radius 2 is 1.29 bits per heavy atom. The number of carbonyl (C=O) groups is 5. The lowest BCUT2D eigenvalue weighted by Crippen LogP contribution is -2.50. The van der Waals surface area contributed by atoms with Gasteiger partial charge >= 0.3 is 23.9 Å². The van der Waals surface area contributed by atoms with Crippen LogP contribution in [-0.2, 0) is 42.9 Å². The molecule has 0 aliphatic carbocycles. The van der Waals surface area contributed by atoms with Gasteiger partial charge < -0.3 is 18.9 Å². The Balaban J connectivity index is 5.55. The number of hydrogen-bond donors (Lipinski definition) is 0. The van der Waals surface area contributed by atoms with E-state index in [1.165, 1.54) is 0 Å². The third-order valence-electron chi connectivity index (χ3n) is 2.46. The molecule has 0 aromatic carbocycles. The zero-order valence-corrected chi connectivity index (χ0v) is 15.3. The molecule has 0 saturated carbocycles. The van der Waals surface area contributed by atoms with Gasteiger partial charge in [-0.05, 0) is 0 Å². The molecular weight excluding hydrogens is 392 g/mol. The van der Waals surface area contributed by atoms with Gasteiger partial charge in [0.25, 0.3) is 0 Å². The standard InChI is InChI=1S/C14H19BrO9/c1-7(16)21-6-11(20)13(23-9(3)18)14(24-10(4)19)12(5-15)22-8(2)17/h12-14H,5-6H2,1-4H3/t12-,13-,14-/m1/s1. The second kappa shape index (κ2) is 10.7. The van der Waals surface area contributed by atoms with Crippen molar-refractivity contribution in [3.8, 4) is 0 Å². The van der Waals surface area contributed by atoms with Crippen LogP contribution in [0.15, 0.2) is 0 Å². The van der Waals surface area contributed by atoms with E-state index in [0.29, 0.717) is 0 Å². The summed E-state index contributed by atoms with van der Waals surface area (Å²) in [6.07, 6.45) is -4.11. The summed E-state index contributed by atoms with van der Waals surface area (Å²) in [5.74, 6) is -3.85. The summed E-state index contributed by atoms with van der Waals surface area (Å²) in [7, 11) is 0. The van der Waals surface area contributed by atoms with Crippen LogP contribution in [0, 0.1) is 0 Å². The van der Waals surface area contributed by atoms with E-state index in [0.717, 1.165) is 27.7 Å². The van der Waals surface area contributed by atoms with E-state index in [4.69, 9.17) is 14.2 Å². The Morgan fingerprint density at radius 1 is 0.792 bits per heavy atom. The van der Waals surface area contributed by atoms with Crippen molar-refractivity contribution in [1.29, 1.82) is 0 Å². The summed E-state index contributed by atoms with van der Waals surface area (Å²) in [4.78, 5) is 56.8. The molecule has 0 fully saturated rings. The smallest absolute Gasteiger partial charge is 0.303 e. The molecule has 0 aromatic heterocycles. The topological polar surface area (TPSA) is 122 Å². The fourth-order valence-corrected chi connectivity index (χ4v) is 2.17. The lowest BCUT2D eigenvalue weighted by molar-refractivity contribution is -0.184. The minimum Gasteiger partial charge on any atom is -0.458 e. The summed E-state index contributed by atoms with van der Waals surface area (Å²) >= 11 is 3.08. The molecular formula is C14H19BrO9. The van der Waals surface area contributed by atoms with Crippen molar-refractivity contribution in [3.63, 3.8) is 0 Å². The molecule has 0 saturated heterocycles. The molecule has 0 unspecified atom stereocenters. The van der Waals surface area contributed by atoms with Crippen molar-refractivity contribution in [3.05, 3.63) is 0 Å². The zero-order chi connectivity index (χ0) is 18.9. The molecule has 24 heavy (non-hydrogen) atoms. The second-order valence-electron chi connectivity index (χ2n) is 4.65. The maximum absolute atomic E-state index is 12.2. The van der Waals surface area contributed by atoms with Crippen LogP contribution >= 0.6 is 15.9 Å². The Hall–Kier alpha value is -1.97. The van der Waals surface area contributed by atoms with E-state index in [1.54, 1.807) is 0 Å². The van der Waals surface area contributed by atoms with Gasteiger partial charge in [0.15, 0.2) is 18.8 Å². The van der Waals surface area contributed by atoms with Gasteiger partial charge in [0.2, 0.25) is 11.9 Å². The van der Waals surface area contributed by atoms with Gasteiger partial charge in [0.05, 0.1) is 0 Å². The van der Waals surface area contributed by atoms with E-state index < -0.39 is 54.6 Å². The van der Waals surface area contributed by atoms with Crippen LogP contribution in [0.4, 0.5) is 0 Å². The fraction of sp³-hybridized carbons (Fsp3) is 0.643. The van der Waals surface area contributed by atoms with Crippen LogP contribution in [0.25, 0.3) is 0 Å². The number of rotatable bonds is 9. The van der Waals surface area contributed by atoms with Gasteiger partial charge in [-0.2, -0.15) is 0 Å². The van der Waals surface area contributed by atoms with Crippen LogP contribution in [0.3, 0.4) is 0 Å². The molecule has 136 valence electrons. The largest absolute Gasteiger partial charge is 0.458 e. The molecule has 0 heterocycles. The maximum Gasteiger partial charge on any atom is 0.303 e. The summed E-state index contributed by atoms with van der Waals surface area (Å²) < 4.78 is 19.5. The highest BCUT2D eigenvalue weighted by molar-refractivity contribution is 9.09. The van der Waals surface area contributed by atoms with E-state index in [-0.39, 0.29) is 5.33 Å². The van der Waals surface area contributed by atoms with Crippen molar-refractivity contribution in [2.45, 2.75) is 46.0 Å². The van der Waals surface area contributed by atoms with Gasteiger partial charge in [-0.15, -0.1) is 0 Å². The predicted octanol–water partition coefficient (Wildman–Crippen LogP) is 0.309. The van der Waals surface area contributed by atoms with Crippen molar-refractivity contribution in [2.75, 3.05) is 11.9 Å². The molecule has 0 amide bonds. The third-order valence-corrected chi connectivity index (χ3v) is 3.10. The first-order valence-corrected chi connectivity index (χ1v) is 7.94. The average Bonchev–Trinajstić information content (AvgIpc) is 2.45. The molecule has 0 spiro atoms. The highest BCUT2D eigenvalue weighted by Crippen LogP contribution is 2.17. The van der Waals surface area contributed by atoms with Gasteiger partial charge in [-0.25, -0.2) is 0 Å². The van der Waals surface area contributed by atoms with Crippen LogP contribution in [-0.4, -0.2) is 59.9 Å². The molecule has 0 aliphatic rings. The average molecular weight is 411 g/mol. The molecule has 0 aliphatic heterocycles. The summed E-state index contributed by atoms with van der Waals surface area (Å²) in [6, 6.07) is 0. The number of carbonyl (C=O) groups excluding carboxylic acids is 5. The number of hydrogen-bond acceptors (Lipinski definition) is 9. The number of Topliss-reactive ketones (excluding diaryl/α,β-unsaturated/α-hetero) is 1. The summed E-state index contributed by atoms with van der Waals surface area (Å²) in [5, 5.41) is 0.00311. The lowest BCUT2D eigenvalue weighted by Gasteiger charge is -2.30. The zero-order valence-electron chi connectivity index (χ0n) is 13.7. The highest BCUT2D eigenvalue weighted by atomic mass is 79.9. The van der Waals surface area contributed by atoms with Crippen molar-refractivity contribution < 1.29 is 42.9 Å². The van der Waals surface area contributed by atoms with Gasteiger partial charge in [0, 0.05) is 33.0 Å². The van der Waals surface area contributed by atoms with Gasteiger partial charge in [0.1, 0.15) is 0 Å². The van der Waals surface area contributed by atoms with Crippen molar-refractivity contribution in [1.82, 2.24) is 0 Å². The number of ether oxygens (including phenoxy) is 4. The Morgan fingerprint density at radius 3 is 1.67 bits per heavy atom. The van der Waals surface area contributed by atoms with Crippen LogP contribution in [0.1, 0.15) is 27.7 Å². The predicted molar refractivity (Wildman–Crippen MR) is 82.1 cm³/mol. The second-order valence-corrected chi connectivity index (χ2v) is 5.30. The minimum atomic E-state index is -1.60. The van der Waals surface area contributed by atoms with E-state index >= 15 is 0 Å². The highest BCUT2D eigenvalue weighted by Gasteiger charge is 2.41. The Bertz CT molecular complexity index is 502. The minimum absolute atomic E-state index is 0.00311. The van der Waals surface area contributed by atoms with Crippen molar-refractivity contribution in [2.24, 2.45) is 0 Å². The number of alkyl halides is 1. The molecule has 0 rings (SSSR count). The van der Waals surface area contributed by atoms with E-state index in [9.17, 15) is 24.0 Å². The first-order chi connectivity index (χ1) is 11.1. The lowest BCUT2D eigenvalue weighted by atomic mass is 10.0. The van der Waals surface area contributed by atoms with E-state index in [1.807, 2.05) is 0 Å². The third kappa shape index (κ3) is 8.61. The Kier molecular flexibility index (Phi) is 9.86. The molecule has 0 aromatic rings. The molecule has 0 bridgehead atoms. The van der Waals surface area contributed by atoms with Gasteiger partial charge in [-0.3, -0.25) is 24.0 Å². The molecule has 0 N–H and O–H groups in total. The Labute approximate surface area is 147 Å². The first kappa shape index (κ1) is 22.0.